The van der Waals surface area contributed by atoms with Crippen molar-refractivity contribution in [2.75, 3.05) is 5.75 Å². The van der Waals surface area contributed by atoms with E-state index in [0.29, 0.717) is 10.2 Å². The van der Waals surface area contributed by atoms with Crippen LogP contribution in [0.25, 0.3) is 5.69 Å². The van der Waals surface area contributed by atoms with Crippen LogP contribution in [-0.2, 0) is 4.79 Å². The zero-order valence-corrected chi connectivity index (χ0v) is 17.6. The summed E-state index contributed by atoms with van der Waals surface area (Å²) in [6.07, 6.45) is 1.61. The number of carbonyl (C=O) groups excluding carboxylic acids is 1. The van der Waals surface area contributed by atoms with Gasteiger partial charge in [0.15, 0.2) is 5.16 Å². The van der Waals surface area contributed by atoms with Crippen molar-refractivity contribution in [2.24, 2.45) is 0 Å². The Morgan fingerprint density at radius 2 is 1.63 bits per heavy atom. The molecule has 1 aromatic heterocycles. The van der Waals surface area contributed by atoms with Gasteiger partial charge in [0, 0.05) is 5.02 Å². The molecule has 7 heteroatoms. The Bertz CT molecular complexity index is 1080. The lowest BCUT2D eigenvalue weighted by Crippen LogP contribution is -2.30. The van der Waals surface area contributed by atoms with Gasteiger partial charge in [-0.2, -0.15) is 0 Å². The highest BCUT2D eigenvalue weighted by Gasteiger charge is 2.17. The van der Waals surface area contributed by atoms with E-state index in [1.54, 1.807) is 6.33 Å². The third-order valence-electron chi connectivity index (χ3n) is 4.51. The molecule has 0 saturated carbocycles. The summed E-state index contributed by atoms with van der Waals surface area (Å²) in [5.41, 5.74) is 2.91. The van der Waals surface area contributed by atoms with Gasteiger partial charge in [-0.15, -0.1) is 10.2 Å². The molecule has 0 atom stereocenters. The molecule has 5 nitrogen and oxygen atoms in total. The number of benzene rings is 3. The predicted octanol–water partition coefficient (Wildman–Crippen LogP) is 4.92. The molecule has 3 aromatic carbocycles. The number of hydrogen-bond donors (Lipinski definition) is 1. The summed E-state index contributed by atoms with van der Waals surface area (Å²) in [7, 11) is 0. The maximum atomic E-state index is 12.8. The Labute approximate surface area is 184 Å². The second-order valence-electron chi connectivity index (χ2n) is 6.57. The topological polar surface area (TPSA) is 59.8 Å². The van der Waals surface area contributed by atoms with Crippen molar-refractivity contribution in [1.82, 2.24) is 20.1 Å². The SMILES string of the molecule is O=C(CSc1nncn1-c1cccc(Cl)c1)NC(c1ccccc1)c1ccccc1. The molecule has 1 amide bonds. The first-order chi connectivity index (χ1) is 14.7. The highest BCUT2D eigenvalue weighted by atomic mass is 35.5. The number of halogens is 1. The molecular formula is C23H19ClN4OS. The summed E-state index contributed by atoms with van der Waals surface area (Å²) >= 11 is 7.42. The Morgan fingerprint density at radius 3 is 2.27 bits per heavy atom. The molecule has 0 unspecified atom stereocenters. The van der Waals surface area contributed by atoms with E-state index < -0.39 is 0 Å². The molecule has 0 fully saturated rings. The molecule has 0 saturated heterocycles. The first-order valence-electron chi connectivity index (χ1n) is 9.39. The monoisotopic (exact) mass is 434 g/mol. The second-order valence-corrected chi connectivity index (χ2v) is 7.95. The Balaban J connectivity index is 1.47. The van der Waals surface area contributed by atoms with Crippen LogP contribution in [0.1, 0.15) is 17.2 Å². The average molecular weight is 435 g/mol. The third-order valence-corrected chi connectivity index (χ3v) is 5.68. The van der Waals surface area contributed by atoms with Gasteiger partial charge in [-0.3, -0.25) is 9.36 Å². The first kappa shape index (κ1) is 20.2. The number of amides is 1. The molecule has 0 aliphatic rings. The largest absolute Gasteiger partial charge is 0.344 e. The fraction of sp³-hybridized carbons (Fsp3) is 0.0870. The molecule has 150 valence electrons. The molecule has 4 rings (SSSR count). The fourth-order valence-electron chi connectivity index (χ4n) is 3.11. The molecule has 30 heavy (non-hydrogen) atoms. The van der Waals surface area contributed by atoms with Crippen LogP contribution in [0.15, 0.2) is 96.4 Å². The molecular weight excluding hydrogens is 416 g/mol. The van der Waals surface area contributed by atoms with Crippen LogP contribution in [0.2, 0.25) is 5.02 Å². The van der Waals surface area contributed by atoms with E-state index in [4.69, 9.17) is 11.6 Å². The zero-order chi connectivity index (χ0) is 20.8. The molecule has 0 spiro atoms. The first-order valence-corrected chi connectivity index (χ1v) is 10.7. The summed E-state index contributed by atoms with van der Waals surface area (Å²) in [4.78, 5) is 12.8. The number of thioether (sulfide) groups is 1. The van der Waals surface area contributed by atoms with Crippen LogP contribution in [-0.4, -0.2) is 26.4 Å². The molecule has 0 radical (unpaired) electrons. The van der Waals surface area contributed by atoms with Gasteiger partial charge in [0.2, 0.25) is 5.91 Å². The lowest BCUT2D eigenvalue weighted by atomic mass is 9.99. The summed E-state index contributed by atoms with van der Waals surface area (Å²) in [6.45, 7) is 0. The average Bonchev–Trinajstić information content (AvgIpc) is 3.26. The smallest absolute Gasteiger partial charge is 0.231 e. The standard InChI is InChI=1S/C23H19ClN4OS/c24-19-12-7-13-20(14-19)28-16-25-27-23(28)30-15-21(29)26-22(17-8-3-1-4-9-17)18-10-5-2-6-11-18/h1-14,16,22H,15H2,(H,26,29). The lowest BCUT2D eigenvalue weighted by Gasteiger charge is -2.19. The molecule has 0 aliphatic carbocycles. The van der Waals surface area contributed by atoms with Crippen LogP contribution in [0.5, 0.6) is 0 Å². The van der Waals surface area contributed by atoms with Gasteiger partial charge in [0.1, 0.15) is 6.33 Å². The maximum Gasteiger partial charge on any atom is 0.231 e. The summed E-state index contributed by atoms with van der Waals surface area (Å²) in [6, 6.07) is 27.1. The van der Waals surface area contributed by atoms with Crippen LogP contribution >= 0.6 is 23.4 Å². The quantitative estimate of drug-likeness (QED) is 0.419. The van der Waals surface area contributed by atoms with Gasteiger partial charge in [-0.05, 0) is 29.3 Å². The Hall–Kier alpha value is -3.09. The molecule has 1 heterocycles. The Morgan fingerprint density at radius 1 is 0.967 bits per heavy atom. The van der Waals surface area contributed by atoms with Crippen molar-refractivity contribution < 1.29 is 4.79 Å². The number of aromatic nitrogens is 3. The molecule has 0 aliphatic heterocycles. The van der Waals surface area contributed by atoms with Crippen molar-refractivity contribution in [1.29, 1.82) is 0 Å². The summed E-state index contributed by atoms with van der Waals surface area (Å²) in [5.74, 6) is 0.133. The van der Waals surface area contributed by atoms with E-state index in [0.717, 1.165) is 16.8 Å². The third kappa shape index (κ3) is 4.90. The van der Waals surface area contributed by atoms with Gasteiger partial charge < -0.3 is 5.32 Å². The number of nitrogens with zero attached hydrogens (tertiary/aromatic N) is 3. The fourth-order valence-corrected chi connectivity index (χ4v) is 4.03. The summed E-state index contributed by atoms with van der Waals surface area (Å²) in [5, 5.41) is 12.5. The van der Waals surface area contributed by atoms with Crippen LogP contribution < -0.4 is 5.32 Å². The van der Waals surface area contributed by atoms with E-state index in [-0.39, 0.29) is 17.7 Å². The van der Waals surface area contributed by atoms with E-state index in [9.17, 15) is 4.79 Å². The normalized spacial score (nSPS) is 10.9. The minimum atomic E-state index is -0.216. The van der Waals surface area contributed by atoms with Crippen molar-refractivity contribution >= 4 is 29.3 Å². The van der Waals surface area contributed by atoms with Gasteiger partial charge in [0.05, 0.1) is 17.5 Å². The van der Waals surface area contributed by atoms with Gasteiger partial charge in [-0.25, -0.2) is 0 Å². The lowest BCUT2D eigenvalue weighted by molar-refractivity contribution is -0.119. The maximum absolute atomic E-state index is 12.8. The molecule has 0 bridgehead atoms. The van der Waals surface area contributed by atoms with E-state index in [1.807, 2.05) is 89.5 Å². The van der Waals surface area contributed by atoms with Crippen molar-refractivity contribution in [3.8, 4) is 5.69 Å². The summed E-state index contributed by atoms with van der Waals surface area (Å²) < 4.78 is 1.82. The van der Waals surface area contributed by atoms with Crippen molar-refractivity contribution in [3.05, 3.63) is 107 Å². The number of rotatable bonds is 7. The van der Waals surface area contributed by atoms with E-state index >= 15 is 0 Å². The molecule has 4 aromatic rings. The minimum absolute atomic E-state index is 0.0849. The van der Waals surface area contributed by atoms with E-state index in [1.165, 1.54) is 11.8 Å². The minimum Gasteiger partial charge on any atom is -0.344 e. The van der Waals surface area contributed by atoms with Crippen LogP contribution in [0, 0.1) is 0 Å². The van der Waals surface area contributed by atoms with Crippen LogP contribution in [0.3, 0.4) is 0 Å². The van der Waals surface area contributed by atoms with Gasteiger partial charge in [-0.1, -0.05) is 90.1 Å². The van der Waals surface area contributed by atoms with Crippen molar-refractivity contribution in [3.63, 3.8) is 0 Å². The van der Waals surface area contributed by atoms with Gasteiger partial charge in [0.25, 0.3) is 0 Å². The highest BCUT2D eigenvalue weighted by Crippen LogP contribution is 2.24. The zero-order valence-electron chi connectivity index (χ0n) is 16.0. The van der Waals surface area contributed by atoms with E-state index in [2.05, 4.69) is 15.5 Å². The number of nitrogens with one attached hydrogen (secondary N) is 1. The number of hydrogen-bond acceptors (Lipinski definition) is 4. The van der Waals surface area contributed by atoms with Crippen molar-refractivity contribution in [2.45, 2.75) is 11.2 Å². The molecule has 1 N–H and O–H groups in total. The second kappa shape index (κ2) is 9.61. The highest BCUT2D eigenvalue weighted by molar-refractivity contribution is 7.99. The van der Waals surface area contributed by atoms with Gasteiger partial charge >= 0.3 is 0 Å². The predicted molar refractivity (Wildman–Crippen MR) is 120 cm³/mol. The van der Waals surface area contributed by atoms with Crippen LogP contribution in [0.4, 0.5) is 0 Å². The number of carbonyl (C=O) groups is 1. The Kier molecular flexibility index (Phi) is 6.47.